The number of pyridine rings is 1. The zero-order chi connectivity index (χ0) is 19.8. The zero-order valence-electron chi connectivity index (χ0n) is 16.4. The minimum atomic E-state index is -0.203. The van der Waals surface area contributed by atoms with E-state index in [0.717, 1.165) is 24.8 Å². The van der Waals surface area contributed by atoms with Gasteiger partial charge >= 0.3 is 0 Å². The molecule has 5 heteroatoms. The van der Waals surface area contributed by atoms with E-state index in [9.17, 15) is 9.59 Å². The summed E-state index contributed by atoms with van der Waals surface area (Å²) in [6, 6.07) is 13.0. The Morgan fingerprint density at radius 3 is 2.71 bits per heavy atom. The van der Waals surface area contributed by atoms with Gasteiger partial charge in [-0.25, -0.2) is 0 Å². The first-order chi connectivity index (χ1) is 13.6. The molecule has 0 saturated heterocycles. The lowest BCUT2D eigenvalue weighted by molar-refractivity contribution is 0.0779. The van der Waals surface area contributed by atoms with Gasteiger partial charge in [0.25, 0.3) is 11.8 Å². The van der Waals surface area contributed by atoms with Gasteiger partial charge < -0.3 is 10.2 Å². The lowest BCUT2D eigenvalue weighted by atomic mass is 9.97. The summed E-state index contributed by atoms with van der Waals surface area (Å²) >= 11 is 0. The highest BCUT2D eigenvalue weighted by molar-refractivity contribution is 5.98. The summed E-state index contributed by atoms with van der Waals surface area (Å²) in [6.45, 7) is 1.11. The van der Waals surface area contributed by atoms with Crippen molar-refractivity contribution in [3.05, 3.63) is 77.1 Å². The second-order valence-corrected chi connectivity index (χ2v) is 7.19. The number of hydrogen-bond donors (Lipinski definition) is 1. The van der Waals surface area contributed by atoms with E-state index >= 15 is 0 Å². The van der Waals surface area contributed by atoms with Crippen LogP contribution in [0.3, 0.4) is 0 Å². The lowest BCUT2D eigenvalue weighted by Crippen LogP contribution is -2.28. The van der Waals surface area contributed by atoms with Gasteiger partial charge in [0.05, 0.1) is 0 Å². The molecular weight excluding hydrogens is 350 g/mol. The number of aromatic nitrogens is 1. The van der Waals surface area contributed by atoms with E-state index in [1.54, 1.807) is 24.1 Å². The molecule has 0 atom stereocenters. The molecule has 1 aliphatic rings. The number of benzene rings is 1. The topological polar surface area (TPSA) is 62.3 Å². The Morgan fingerprint density at radius 2 is 1.96 bits per heavy atom. The van der Waals surface area contributed by atoms with Crippen LogP contribution in [0.4, 0.5) is 0 Å². The van der Waals surface area contributed by atoms with Gasteiger partial charge in [0.15, 0.2) is 0 Å². The van der Waals surface area contributed by atoms with Crippen LogP contribution in [0.15, 0.2) is 60.3 Å². The minimum Gasteiger partial charge on any atom is -0.352 e. The van der Waals surface area contributed by atoms with Crippen molar-refractivity contribution in [1.29, 1.82) is 0 Å². The maximum atomic E-state index is 12.7. The van der Waals surface area contributed by atoms with Crippen LogP contribution < -0.4 is 5.32 Å². The number of carbonyl (C=O) groups is 2. The number of nitrogens with zero attached hydrogens (tertiary/aromatic N) is 2. The first-order valence-electron chi connectivity index (χ1n) is 9.85. The molecule has 2 amide bonds. The smallest absolute Gasteiger partial charge is 0.272 e. The highest BCUT2D eigenvalue weighted by Crippen LogP contribution is 2.19. The first-order valence-corrected chi connectivity index (χ1v) is 9.85. The summed E-state index contributed by atoms with van der Waals surface area (Å²) in [7, 11) is 1.74. The van der Waals surface area contributed by atoms with Gasteiger partial charge in [-0.3, -0.25) is 14.6 Å². The Morgan fingerprint density at radius 1 is 1.14 bits per heavy atom. The quantitative estimate of drug-likeness (QED) is 0.743. The largest absolute Gasteiger partial charge is 0.352 e. The highest BCUT2D eigenvalue weighted by Gasteiger charge is 2.16. The van der Waals surface area contributed by atoms with Gasteiger partial charge in [-0.1, -0.05) is 42.0 Å². The van der Waals surface area contributed by atoms with Gasteiger partial charge in [0.2, 0.25) is 0 Å². The van der Waals surface area contributed by atoms with E-state index in [1.165, 1.54) is 24.6 Å². The van der Waals surface area contributed by atoms with Crippen LogP contribution in [0.25, 0.3) is 0 Å². The fourth-order valence-corrected chi connectivity index (χ4v) is 3.38. The van der Waals surface area contributed by atoms with Crippen molar-refractivity contribution in [3.8, 4) is 0 Å². The normalized spacial score (nSPS) is 13.5. The van der Waals surface area contributed by atoms with Crippen molar-refractivity contribution in [2.24, 2.45) is 0 Å². The molecule has 0 saturated carbocycles. The van der Waals surface area contributed by atoms with Crippen LogP contribution in [0, 0.1) is 0 Å². The molecule has 1 aromatic heterocycles. The molecule has 3 rings (SSSR count). The number of hydrogen-bond acceptors (Lipinski definition) is 3. The van der Waals surface area contributed by atoms with Crippen LogP contribution in [0.5, 0.6) is 0 Å². The van der Waals surface area contributed by atoms with Crippen LogP contribution in [0.1, 0.15) is 58.5 Å². The van der Waals surface area contributed by atoms with Crippen LogP contribution in [-0.4, -0.2) is 35.3 Å². The minimum absolute atomic E-state index is 0.168. The number of rotatable bonds is 7. The zero-order valence-corrected chi connectivity index (χ0v) is 16.4. The lowest BCUT2D eigenvalue weighted by Gasteiger charge is -2.17. The maximum absolute atomic E-state index is 12.7. The summed E-state index contributed by atoms with van der Waals surface area (Å²) in [5.41, 5.74) is 3.22. The fraction of sp³-hybridized carbons (Fsp3) is 0.348. The maximum Gasteiger partial charge on any atom is 0.272 e. The van der Waals surface area contributed by atoms with Crippen molar-refractivity contribution in [2.45, 2.75) is 38.6 Å². The monoisotopic (exact) mass is 377 g/mol. The summed E-state index contributed by atoms with van der Waals surface area (Å²) in [5, 5.41) is 2.95. The van der Waals surface area contributed by atoms with Crippen LogP contribution in [0.2, 0.25) is 0 Å². The molecule has 0 spiro atoms. The van der Waals surface area contributed by atoms with E-state index in [4.69, 9.17) is 0 Å². The standard InChI is InChI=1S/C23H27N3O2/c1-26(17-19-10-6-3-7-11-19)23(28)21-16-20(13-15-24-21)22(27)25-14-12-18-8-4-2-5-9-18/h3,6-8,10-11,13,15-16H,2,4-5,9,12,14,17H2,1H3,(H,25,27). The van der Waals surface area contributed by atoms with E-state index in [2.05, 4.69) is 16.4 Å². The fourth-order valence-electron chi connectivity index (χ4n) is 3.38. The van der Waals surface area contributed by atoms with Crippen LogP contribution in [-0.2, 0) is 6.54 Å². The Kier molecular flexibility index (Phi) is 6.95. The molecule has 0 bridgehead atoms. The SMILES string of the molecule is CN(Cc1ccccc1)C(=O)c1cc(C(=O)NCCC2=CCCCC2)ccn1. The van der Waals surface area contributed by atoms with Crippen molar-refractivity contribution >= 4 is 11.8 Å². The molecular formula is C23H27N3O2. The van der Waals surface area contributed by atoms with E-state index < -0.39 is 0 Å². The average Bonchev–Trinajstić information content (AvgIpc) is 2.74. The molecule has 2 aromatic rings. The molecule has 0 aliphatic heterocycles. The Labute approximate surface area is 166 Å². The van der Waals surface area contributed by atoms with E-state index in [-0.39, 0.29) is 17.5 Å². The summed E-state index contributed by atoms with van der Waals surface area (Å²) < 4.78 is 0. The molecule has 0 fully saturated rings. The Bertz CT molecular complexity index is 846. The van der Waals surface area contributed by atoms with Gasteiger partial charge in [-0.15, -0.1) is 0 Å². The predicted molar refractivity (Wildman–Crippen MR) is 110 cm³/mol. The van der Waals surface area contributed by atoms with Gasteiger partial charge in [-0.2, -0.15) is 0 Å². The molecule has 1 aliphatic carbocycles. The molecule has 0 unspecified atom stereocenters. The number of carbonyl (C=O) groups excluding carboxylic acids is 2. The highest BCUT2D eigenvalue weighted by atomic mass is 16.2. The molecule has 5 nitrogen and oxygen atoms in total. The predicted octanol–water partition coefficient (Wildman–Crippen LogP) is 3.97. The second-order valence-electron chi connectivity index (χ2n) is 7.19. The Balaban J connectivity index is 1.57. The third kappa shape index (κ3) is 5.52. The molecule has 1 aromatic carbocycles. The van der Waals surface area contributed by atoms with Crippen molar-refractivity contribution in [3.63, 3.8) is 0 Å². The number of allylic oxidation sites excluding steroid dienone is 1. The van der Waals surface area contributed by atoms with Gasteiger partial charge in [-0.05, 0) is 49.8 Å². The molecule has 146 valence electrons. The molecule has 1 N–H and O–H groups in total. The van der Waals surface area contributed by atoms with Crippen LogP contribution >= 0.6 is 0 Å². The summed E-state index contributed by atoms with van der Waals surface area (Å²) in [4.78, 5) is 30.9. The van der Waals surface area contributed by atoms with Gasteiger partial charge in [0.1, 0.15) is 5.69 Å². The van der Waals surface area contributed by atoms with Gasteiger partial charge in [0, 0.05) is 31.9 Å². The third-order valence-corrected chi connectivity index (χ3v) is 4.97. The number of nitrogens with one attached hydrogen (secondary N) is 1. The third-order valence-electron chi connectivity index (χ3n) is 4.97. The van der Waals surface area contributed by atoms with E-state index in [0.29, 0.717) is 18.7 Å². The summed E-state index contributed by atoms with van der Waals surface area (Å²) in [5.74, 6) is -0.371. The van der Waals surface area contributed by atoms with Crippen molar-refractivity contribution in [1.82, 2.24) is 15.2 Å². The summed E-state index contributed by atoms with van der Waals surface area (Å²) in [6.07, 6.45) is 9.49. The molecule has 28 heavy (non-hydrogen) atoms. The van der Waals surface area contributed by atoms with Crippen molar-refractivity contribution in [2.75, 3.05) is 13.6 Å². The molecule has 0 radical (unpaired) electrons. The van der Waals surface area contributed by atoms with E-state index in [1.807, 2.05) is 30.3 Å². The molecule has 1 heterocycles. The average molecular weight is 377 g/mol. The second kappa shape index (κ2) is 9.83. The Hall–Kier alpha value is -2.95. The first kappa shape index (κ1) is 19.8. The number of amides is 2. The van der Waals surface area contributed by atoms with Crippen molar-refractivity contribution < 1.29 is 9.59 Å².